The number of hydrogen-bond donors (Lipinski definition) is 0. The largest absolute Gasteiger partial charge is 0.454 e. The normalized spacial score (nSPS) is 17.2. The molecule has 0 radical (unpaired) electrons. The highest BCUT2D eigenvalue weighted by Crippen LogP contribution is 2.35. The summed E-state index contributed by atoms with van der Waals surface area (Å²) in [5.41, 5.74) is 2.25. The van der Waals surface area contributed by atoms with Crippen LogP contribution in [0.4, 0.5) is 11.4 Å². The number of hydrogen-bond acceptors (Lipinski definition) is 6. The minimum atomic E-state index is -3.54. The minimum absolute atomic E-state index is 0.129. The number of fused-ring (bicyclic) bond motifs is 1. The second kappa shape index (κ2) is 6.94. The van der Waals surface area contributed by atoms with Gasteiger partial charge < -0.3 is 19.3 Å². The summed E-state index contributed by atoms with van der Waals surface area (Å²) in [6.07, 6.45) is 0. The van der Waals surface area contributed by atoms with Crippen LogP contribution in [0.1, 0.15) is 0 Å². The van der Waals surface area contributed by atoms with Crippen molar-refractivity contribution >= 4 is 21.4 Å². The molecule has 27 heavy (non-hydrogen) atoms. The predicted molar refractivity (Wildman–Crippen MR) is 104 cm³/mol. The van der Waals surface area contributed by atoms with Crippen LogP contribution in [0.15, 0.2) is 47.4 Å². The van der Waals surface area contributed by atoms with E-state index < -0.39 is 10.0 Å². The molecule has 144 valence electrons. The van der Waals surface area contributed by atoms with Crippen LogP contribution in [0, 0.1) is 0 Å². The number of benzene rings is 2. The molecule has 2 aromatic rings. The molecule has 1 fully saturated rings. The quantitative estimate of drug-likeness (QED) is 0.797. The summed E-state index contributed by atoms with van der Waals surface area (Å²) in [4.78, 5) is 4.51. The Hall–Kier alpha value is -2.45. The van der Waals surface area contributed by atoms with Gasteiger partial charge in [-0.1, -0.05) is 0 Å². The van der Waals surface area contributed by atoms with Gasteiger partial charge in [-0.15, -0.1) is 0 Å². The zero-order valence-electron chi connectivity index (χ0n) is 15.5. The third-order valence-electron chi connectivity index (χ3n) is 4.95. The third kappa shape index (κ3) is 3.42. The number of nitrogens with zero attached hydrogens (tertiary/aromatic N) is 3. The number of rotatable bonds is 4. The lowest BCUT2D eigenvalue weighted by atomic mass is 10.2. The molecule has 4 rings (SSSR count). The lowest BCUT2D eigenvalue weighted by Crippen LogP contribution is -2.48. The smallest absolute Gasteiger partial charge is 0.243 e. The van der Waals surface area contributed by atoms with Crippen molar-refractivity contribution in [1.29, 1.82) is 0 Å². The first-order valence-corrected chi connectivity index (χ1v) is 10.3. The third-order valence-corrected chi connectivity index (χ3v) is 6.85. The summed E-state index contributed by atoms with van der Waals surface area (Å²) in [5, 5.41) is 0. The minimum Gasteiger partial charge on any atom is -0.454 e. The molecule has 1 saturated heterocycles. The van der Waals surface area contributed by atoms with Crippen molar-refractivity contribution in [2.75, 3.05) is 56.9 Å². The molecule has 7 nitrogen and oxygen atoms in total. The fraction of sp³-hybridized carbons (Fsp3) is 0.368. The van der Waals surface area contributed by atoms with Gasteiger partial charge in [-0.2, -0.15) is 4.31 Å². The van der Waals surface area contributed by atoms with E-state index in [0.717, 1.165) is 11.4 Å². The Morgan fingerprint density at radius 2 is 1.56 bits per heavy atom. The molecular weight excluding hydrogens is 366 g/mol. The molecule has 0 amide bonds. The Balaban J connectivity index is 1.45. The predicted octanol–water partition coefficient (Wildman–Crippen LogP) is 1.99. The Morgan fingerprint density at radius 3 is 2.22 bits per heavy atom. The van der Waals surface area contributed by atoms with E-state index >= 15 is 0 Å². The zero-order chi connectivity index (χ0) is 19.0. The van der Waals surface area contributed by atoms with Crippen LogP contribution < -0.4 is 19.3 Å². The molecule has 0 unspecified atom stereocenters. The van der Waals surface area contributed by atoms with Crippen LogP contribution in [0.3, 0.4) is 0 Å². The molecule has 8 heteroatoms. The maximum atomic E-state index is 13.0. The first kappa shape index (κ1) is 17.9. The SMILES string of the molecule is CN(C)c1ccc(N2CCN(S(=O)(=O)c3ccc4c(c3)OCO4)CC2)cc1. The Kier molecular flexibility index (Phi) is 4.61. The second-order valence-electron chi connectivity index (χ2n) is 6.82. The summed E-state index contributed by atoms with van der Waals surface area (Å²) in [6.45, 7) is 2.35. The summed E-state index contributed by atoms with van der Waals surface area (Å²) < 4.78 is 38.0. The van der Waals surface area contributed by atoms with Crippen molar-refractivity contribution in [3.63, 3.8) is 0 Å². The number of ether oxygens (including phenoxy) is 2. The summed E-state index contributed by atoms with van der Waals surface area (Å²) in [5.74, 6) is 1.07. The van der Waals surface area contributed by atoms with E-state index in [9.17, 15) is 8.42 Å². The van der Waals surface area contributed by atoms with E-state index in [-0.39, 0.29) is 11.7 Å². The number of anilines is 2. The molecule has 0 atom stereocenters. The first-order valence-electron chi connectivity index (χ1n) is 8.87. The highest BCUT2D eigenvalue weighted by atomic mass is 32.2. The van der Waals surface area contributed by atoms with Gasteiger partial charge in [0.15, 0.2) is 11.5 Å². The summed E-state index contributed by atoms with van der Waals surface area (Å²) >= 11 is 0. The molecule has 0 aliphatic carbocycles. The van der Waals surface area contributed by atoms with Crippen molar-refractivity contribution < 1.29 is 17.9 Å². The fourth-order valence-corrected chi connectivity index (χ4v) is 4.77. The van der Waals surface area contributed by atoms with Gasteiger partial charge in [-0.05, 0) is 36.4 Å². The van der Waals surface area contributed by atoms with Gasteiger partial charge in [0.05, 0.1) is 4.90 Å². The first-order chi connectivity index (χ1) is 12.9. The van der Waals surface area contributed by atoms with Crippen LogP contribution >= 0.6 is 0 Å². The second-order valence-corrected chi connectivity index (χ2v) is 8.75. The van der Waals surface area contributed by atoms with Gasteiger partial charge in [-0.25, -0.2) is 8.42 Å². The maximum Gasteiger partial charge on any atom is 0.243 e. The highest BCUT2D eigenvalue weighted by Gasteiger charge is 2.30. The van der Waals surface area contributed by atoms with Crippen molar-refractivity contribution in [2.24, 2.45) is 0 Å². The monoisotopic (exact) mass is 389 g/mol. The molecule has 2 aliphatic rings. The van der Waals surface area contributed by atoms with Crippen molar-refractivity contribution in [3.05, 3.63) is 42.5 Å². The Morgan fingerprint density at radius 1 is 0.889 bits per heavy atom. The van der Waals surface area contributed by atoms with Crippen molar-refractivity contribution in [3.8, 4) is 11.5 Å². The number of sulfonamides is 1. The average molecular weight is 389 g/mol. The zero-order valence-corrected chi connectivity index (χ0v) is 16.3. The van der Waals surface area contributed by atoms with E-state index in [1.54, 1.807) is 18.2 Å². The molecule has 2 aromatic carbocycles. The molecule has 2 aliphatic heterocycles. The van der Waals surface area contributed by atoms with E-state index in [2.05, 4.69) is 34.1 Å². The van der Waals surface area contributed by atoms with Crippen LogP contribution in [-0.2, 0) is 10.0 Å². The van der Waals surface area contributed by atoms with Crippen LogP contribution in [0.2, 0.25) is 0 Å². The Labute approximate surface area is 159 Å². The molecule has 2 heterocycles. The van der Waals surface area contributed by atoms with E-state index in [0.29, 0.717) is 37.7 Å². The molecule has 0 spiro atoms. The summed E-state index contributed by atoms with van der Waals surface area (Å²) in [6, 6.07) is 13.1. The molecule has 0 bridgehead atoms. The molecular formula is C19H23N3O4S. The maximum absolute atomic E-state index is 13.0. The average Bonchev–Trinajstić information content (AvgIpc) is 3.16. The topological polar surface area (TPSA) is 62.3 Å². The standard InChI is InChI=1S/C19H23N3O4S/c1-20(2)15-3-5-16(6-4-15)21-9-11-22(12-10-21)27(23,24)17-7-8-18-19(13-17)26-14-25-18/h3-8,13H,9-12,14H2,1-2H3. The molecule has 0 saturated carbocycles. The van der Waals surface area contributed by atoms with Gasteiger partial charge in [0, 0.05) is 57.7 Å². The van der Waals surface area contributed by atoms with E-state index in [1.807, 2.05) is 14.1 Å². The molecule has 0 N–H and O–H groups in total. The lowest BCUT2D eigenvalue weighted by Gasteiger charge is -2.35. The van der Waals surface area contributed by atoms with E-state index in [1.165, 1.54) is 4.31 Å². The lowest BCUT2D eigenvalue weighted by molar-refractivity contribution is 0.174. The molecule has 0 aromatic heterocycles. The van der Waals surface area contributed by atoms with Gasteiger partial charge in [0.2, 0.25) is 16.8 Å². The van der Waals surface area contributed by atoms with Gasteiger partial charge in [0.1, 0.15) is 0 Å². The van der Waals surface area contributed by atoms with Crippen LogP contribution in [-0.4, -0.2) is 59.8 Å². The van der Waals surface area contributed by atoms with Crippen molar-refractivity contribution in [2.45, 2.75) is 4.90 Å². The van der Waals surface area contributed by atoms with Crippen LogP contribution in [0.5, 0.6) is 11.5 Å². The van der Waals surface area contributed by atoms with Crippen molar-refractivity contribution in [1.82, 2.24) is 4.31 Å². The van der Waals surface area contributed by atoms with Gasteiger partial charge in [0.25, 0.3) is 0 Å². The Bertz CT molecular complexity index is 920. The van der Waals surface area contributed by atoms with Crippen LogP contribution in [0.25, 0.3) is 0 Å². The van der Waals surface area contributed by atoms with Gasteiger partial charge >= 0.3 is 0 Å². The fourth-order valence-electron chi connectivity index (χ4n) is 3.33. The number of piperazine rings is 1. The van der Waals surface area contributed by atoms with Gasteiger partial charge in [-0.3, -0.25) is 0 Å². The summed E-state index contributed by atoms with van der Waals surface area (Å²) in [7, 11) is 0.475. The van der Waals surface area contributed by atoms with E-state index in [4.69, 9.17) is 9.47 Å². The highest BCUT2D eigenvalue weighted by molar-refractivity contribution is 7.89.